The molecule has 2 atom stereocenters. The molecule has 1 aromatic carbocycles. The molecule has 5 nitrogen and oxygen atoms in total. The van der Waals surface area contributed by atoms with Crippen molar-refractivity contribution in [1.29, 1.82) is 0 Å². The lowest BCUT2D eigenvalue weighted by molar-refractivity contribution is 0.329. The summed E-state index contributed by atoms with van der Waals surface area (Å²) in [5, 5.41) is 4.91. The van der Waals surface area contributed by atoms with Gasteiger partial charge < -0.3 is 19.5 Å². The van der Waals surface area contributed by atoms with Crippen molar-refractivity contribution in [3.63, 3.8) is 0 Å². The van der Waals surface area contributed by atoms with E-state index in [1.165, 1.54) is 5.56 Å². The van der Waals surface area contributed by atoms with Gasteiger partial charge in [0, 0.05) is 29.2 Å². The number of benzene rings is 1. The van der Waals surface area contributed by atoms with Crippen LogP contribution in [0.4, 0.5) is 0 Å². The third kappa shape index (κ3) is 3.44. The maximum Gasteiger partial charge on any atom is 0.170 e. The fourth-order valence-electron chi connectivity index (χ4n) is 4.38. The number of nitrogens with one attached hydrogen (secondary N) is 1. The minimum absolute atomic E-state index is 0.0196. The Balaban J connectivity index is 1.87. The first-order valence-corrected chi connectivity index (χ1v) is 10.8. The van der Waals surface area contributed by atoms with Gasteiger partial charge in [0.15, 0.2) is 5.11 Å². The molecule has 2 aromatic heterocycles. The van der Waals surface area contributed by atoms with E-state index in [9.17, 15) is 0 Å². The summed E-state index contributed by atoms with van der Waals surface area (Å²) in [5.74, 6) is 0.779. The van der Waals surface area contributed by atoms with Crippen LogP contribution in [0, 0.1) is 13.8 Å². The highest BCUT2D eigenvalue weighted by molar-refractivity contribution is 7.80. The monoisotopic (exact) mass is 440 g/mol. The number of hydrogen-bond donors (Lipinski definition) is 1. The Bertz CT molecular complexity index is 1080. The van der Waals surface area contributed by atoms with Gasteiger partial charge in [-0.1, -0.05) is 17.7 Å². The van der Waals surface area contributed by atoms with E-state index in [0.29, 0.717) is 5.02 Å². The molecule has 3 aromatic rings. The van der Waals surface area contributed by atoms with Crippen molar-refractivity contribution in [1.82, 2.24) is 19.8 Å². The van der Waals surface area contributed by atoms with Crippen LogP contribution in [0.1, 0.15) is 41.7 Å². The zero-order chi connectivity index (χ0) is 21.4. The minimum Gasteiger partial charge on any atom is -0.495 e. The highest BCUT2D eigenvalue weighted by atomic mass is 35.5. The van der Waals surface area contributed by atoms with Gasteiger partial charge in [-0.2, -0.15) is 0 Å². The highest BCUT2D eigenvalue weighted by Crippen LogP contribution is 2.42. The van der Waals surface area contributed by atoms with E-state index in [1.807, 2.05) is 42.6 Å². The average Bonchev–Trinajstić information content (AvgIpc) is 3.23. The van der Waals surface area contributed by atoms with E-state index in [2.05, 4.69) is 46.6 Å². The molecule has 0 unspecified atom stereocenters. The summed E-state index contributed by atoms with van der Waals surface area (Å²) in [4.78, 5) is 6.83. The van der Waals surface area contributed by atoms with Crippen LogP contribution in [0.15, 0.2) is 48.7 Å². The van der Waals surface area contributed by atoms with E-state index in [1.54, 1.807) is 7.11 Å². The number of likely N-dealkylation sites (N-methyl/N-ethyl adjacent to an activating group) is 1. The Labute approximate surface area is 187 Å². The lowest BCUT2D eigenvalue weighted by Gasteiger charge is -2.27. The molecule has 1 aliphatic heterocycles. The lowest BCUT2D eigenvalue weighted by atomic mass is 9.97. The molecule has 0 spiro atoms. The topological polar surface area (TPSA) is 42.3 Å². The zero-order valence-corrected chi connectivity index (χ0v) is 19.1. The maximum absolute atomic E-state index is 6.32. The average molecular weight is 441 g/mol. The second-order valence-corrected chi connectivity index (χ2v) is 8.21. The number of rotatable bonds is 5. The van der Waals surface area contributed by atoms with Gasteiger partial charge in [-0.25, -0.2) is 0 Å². The predicted molar refractivity (Wildman–Crippen MR) is 125 cm³/mol. The second kappa shape index (κ2) is 8.28. The predicted octanol–water partition coefficient (Wildman–Crippen LogP) is 5.14. The first-order valence-electron chi connectivity index (χ1n) is 9.97. The van der Waals surface area contributed by atoms with E-state index in [-0.39, 0.29) is 12.1 Å². The summed E-state index contributed by atoms with van der Waals surface area (Å²) in [5.41, 5.74) is 5.35. The van der Waals surface area contributed by atoms with E-state index >= 15 is 0 Å². The van der Waals surface area contributed by atoms with E-state index in [4.69, 9.17) is 28.6 Å². The molecule has 0 radical (unpaired) electrons. The number of pyridine rings is 1. The SMILES string of the molecule is CCN1C(=S)N[C@@H](c2ccccn2)[C@H]1c1cc(C)n(-c2cc(Cl)ccc2OC)c1C. The number of aromatic nitrogens is 2. The van der Waals surface area contributed by atoms with Gasteiger partial charge in [0.25, 0.3) is 0 Å². The third-order valence-corrected chi connectivity index (χ3v) is 6.30. The Morgan fingerprint density at radius 1 is 1.20 bits per heavy atom. The molecule has 3 heterocycles. The van der Waals surface area contributed by atoms with Gasteiger partial charge in [0.2, 0.25) is 0 Å². The third-order valence-electron chi connectivity index (χ3n) is 5.71. The molecule has 156 valence electrons. The fourth-order valence-corrected chi connectivity index (χ4v) is 4.92. The normalized spacial score (nSPS) is 18.6. The van der Waals surface area contributed by atoms with Crippen LogP contribution in [0.25, 0.3) is 5.69 Å². The van der Waals surface area contributed by atoms with Crippen LogP contribution in [-0.4, -0.2) is 33.2 Å². The quantitative estimate of drug-likeness (QED) is 0.556. The maximum atomic E-state index is 6.32. The molecule has 4 rings (SSSR count). The van der Waals surface area contributed by atoms with Gasteiger partial charge in [0.1, 0.15) is 5.75 Å². The van der Waals surface area contributed by atoms with Crippen LogP contribution >= 0.6 is 23.8 Å². The number of thiocarbonyl (C=S) groups is 1. The molecule has 0 bridgehead atoms. The van der Waals surface area contributed by atoms with Crippen molar-refractivity contribution >= 4 is 28.9 Å². The first-order chi connectivity index (χ1) is 14.5. The van der Waals surface area contributed by atoms with Crippen molar-refractivity contribution < 1.29 is 4.74 Å². The van der Waals surface area contributed by atoms with Crippen molar-refractivity contribution in [2.75, 3.05) is 13.7 Å². The van der Waals surface area contributed by atoms with Crippen molar-refractivity contribution in [2.45, 2.75) is 32.9 Å². The number of nitrogens with zero attached hydrogens (tertiary/aromatic N) is 3. The summed E-state index contributed by atoms with van der Waals surface area (Å²) < 4.78 is 7.82. The fraction of sp³-hybridized carbons (Fsp3) is 0.304. The van der Waals surface area contributed by atoms with E-state index in [0.717, 1.165) is 40.2 Å². The molecule has 1 aliphatic rings. The molecule has 1 fully saturated rings. The standard InChI is InChI=1S/C23H25ClN4OS/c1-5-27-22(21(26-23(27)30)18-8-6-7-11-25-18)17-12-14(2)28(15(17)3)19-13-16(24)9-10-20(19)29-4/h6-13,21-22H,5H2,1-4H3,(H,26,30)/t21-,22+/m0/s1. The van der Waals surface area contributed by atoms with Gasteiger partial charge >= 0.3 is 0 Å². The van der Waals surface area contributed by atoms with Crippen LogP contribution in [0.3, 0.4) is 0 Å². The minimum atomic E-state index is -0.0196. The summed E-state index contributed by atoms with van der Waals surface area (Å²) in [6, 6.07) is 13.9. The molecule has 0 saturated carbocycles. The molecular weight excluding hydrogens is 416 g/mol. The lowest BCUT2D eigenvalue weighted by Crippen LogP contribution is -2.29. The molecule has 30 heavy (non-hydrogen) atoms. The van der Waals surface area contributed by atoms with Crippen LogP contribution in [0.5, 0.6) is 5.75 Å². The number of methoxy groups -OCH3 is 1. The van der Waals surface area contributed by atoms with Crippen LogP contribution in [-0.2, 0) is 0 Å². The van der Waals surface area contributed by atoms with Gasteiger partial charge in [0.05, 0.1) is 30.6 Å². The Morgan fingerprint density at radius 2 is 2.00 bits per heavy atom. The molecule has 1 saturated heterocycles. The Hall–Kier alpha value is -2.57. The second-order valence-electron chi connectivity index (χ2n) is 7.39. The van der Waals surface area contributed by atoms with E-state index < -0.39 is 0 Å². The summed E-state index contributed by atoms with van der Waals surface area (Å²) in [6.07, 6.45) is 1.83. The summed E-state index contributed by atoms with van der Waals surface area (Å²) in [7, 11) is 1.68. The van der Waals surface area contributed by atoms with Crippen LogP contribution in [0.2, 0.25) is 5.02 Å². The molecule has 0 aliphatic carbocycles. The van der Waals surface area contributed by atoms with Crippen molar-refractivity contribution in [3.05, 3.63) is 76.3 Å². The smallest absolute Gasteiger partial charge is 0.170 e. The Kier molecular flexibility index (Phi) is 5.71. The first kappa shape index (κ1) is 20.7. The number of hydrogen-bond acceptors (Lipinski definition) is 3. The Morgan fingerprint density at radius 3 is 2.67 bits per heavy atom. The molecular formula is C23H25ClN4OS. The van der Waals surface area contributed by atoms with Crippen LogP contribution < -0.4 is 10.1 Å². The van der Waals surface area contributed by atoms with Gasteiger partial charge in [-0.3, -0.25) is 4.98 Å². The van der Waals surface area contributed by atoms with Gasteiger partial charge in [-0.05, 0) is 75.0 Å². The molecule has 7 heteroatoms. The molecule has 1 N–H and O–H groups in total. The van der Waals surface area contributed by atoms with Crippen molar-refractivity contribution in [3.8, 4) is 11.4 Å². The van der Waals surface area contributed by atoms with Crippen molar-refractivity contribution in [2.24, 2.45) is 0 Å². The number of aryl methyl sites for hydroxylation is 1. The number of ether oxygens (including phenoxy) is 1. The summed E-state index contributed by atoms with van der Waals surface area (Å²) in [6.45, 7) is 7.17. The summed E-state index contributed by atoms with van der Waals surface area (Å²) >= 11 is 12.0. The zero-order valence-electron chi connectivity index (χ0n) is 17.5. The molecule has 0 amide bonds. The largest absolute Gasteiger partial charge is 0.495 e. The van der Waals surface area contributed by atoms with Gasteiger partial charge in [-0.15, -0.1) is 0 Å². The highest BCUT2D eigenvalue weighted by Gasteiger charge is 2.40. The number of halogens is 1.